The van der Waals surface area contributed by atoms with Gasteiger partial charge in [0, 0.05) is 0 Å². The Bertz CT molecular complexity index is 484. The predicted octanol–water partition coefficient (Wildman–Crippen LogP) is 4.03. The highest BCUT2D eigenvalue weighted by Gasteiger charge is 2.52. The van der Waals surface area contributed by atoms with Gasteiger partial charge in [-0.15, -0.1) is 0 Å². The second-order valence-electron chi connectivity index (χ2n) is 4.66. The van der Waals surface area contributed by atoms with Crippen LogP contribution in [0.15, 0.2) is 35.4 Å². The molecule has 2 nitrogen and oxygen atoms in total. The fraction of sp³-hybridized carbons (Fsp3) is 0.429. The Labute approximate surface area is 109 Å². The third-order valence-electron chi connectivity index (χ3n) is 3.06. The van der Waals surface area contributed by atoms with E-state index in [0.29, 0.717) is 5.75 Å². The largest absolute Gasteiger partial charge is 0.497 e. The lowest BCUT2D eigenvalue weighted by Gasteiger charge is -2.11. The van der Waals surface area contributed by atoms with Gasteiger partial charge in [0.15, 0.2) is 0 Å². The number of hydrogen-bond donors (Lipinski definition) is 0. The van der Waals surface area contributed by atoms with Crippen molar-refractivity contribution in [3.05, 3.63) is 41.0 Å². The summed E-state index contributed by atoms with van der Waals surface area (Å²) in [5.74, 6) is 0.666. The van der Waals surface area contributed by atoms with Gasteiger partial charge in [-0.25, -0.2) is 0 Å². The molecule has 104 valence electrons. The molecule has 0 aliphatic carbocycles. The fourth-order valence-corrected chi connectivity index (χ4v) is 2.11. The lowest BCUT2D eigenvalue weighted by molar-refractivity contribution is -0.0963. The molecule has 19 heavy (non-hydrogen) atoms. The zero-order chi connectivity index (χ0) is 14.2. The molecule has 1 saturated heterocycles. The first-order valence-corrected chi connectivity index (χ1v) is 5.88. The van der Waals surface area contributed by atoms with E-state index < -0.39 is 24.0 Å². The third-order valence-corrected chi connectivity index (χ3v) is 3.06. The minimum absolute atomic E-state index is 0.244. The molecule has 0 bridgehead atoms. The van der Waals surface area contributed by atoms with E-state index in [9.17, 15) is 13.2 Å². The Kier molecular flexibility index (Phi) is 3.58. The van der Waals surface area contributed by atoms with E-state index >= 15 is 0 Å². The molecule has 1 fully saturated rings. The van der Waals surface area contributed by atoms with Gasteiger partial charge < -0.3 is 9.47 Å². The first kappa shape index (κ1) is 13.9. The van der Waals surface area contributed by atoms with Gasteiger partial charge >= 0.3 is 6.18 Å². The molecule has 1 aromatic carbocycles. The normalized spacial score (nSPS) is 22.0. The Morgan fingerprint density at radius 1 is 1.16 bits per heavy atom. The summed E-state index contributed by atoms with van der Waals surface area (Å²) in [5.41, 5.74) is 0.399. The maximum absolute atomic E-state index is 12.9. The minimum Gasteiger partial charge on any atom is -0.497 e. The van der Waals surface area contributed by atoms with Crippen molar-refractivity contribution in [2.75, 3.05) is 7.11 Å². The molecule has 0 unspecified atom stereocenters. The van der Waals surface area contributed by atoms with E-state index in [1.54, 1.807) is 24.3 Å². The first-order valence-electron chi connectivity index (χ1n) is 5.88. The summed E-state index contributed by atoms with van der Waals surface area (Å²) < 4.78 is 48.9. The second kappa shape index (κ2) is 4.89. The van der Waals surface area contributed by atoms with Crippen LogP contribution in [0.1, 0.15) is 25.5 Å². The molecule has 5 heteroatoms. The quantitative estimate of drug-likeness (QED) is 0.612. The van der Waals surface area contributed by atoms with Gasteiger partial charge in [-0.3, -0.25) is 0 Å². The van der Waals surface area contributed by atoms with Crippen LogP contribution in [-0.4, -0.2) is 19.4 Å². The number of rotatable bonds is 3. The van der Waals surface area contributed by atoms with E-state index in [1.807, 2.05) is 0 Å². The number of alkyl halides is 3. The molecular weight excluding hydrogens is 257 g/mol. The van der Waals surface area contributed by atoms with E-state index in [-0.39, 0.29) is 5.57 Å². The number of benzene rings is 1. The van der Waals surface area contributed by atoms with Crippen molar-refractivity contribution in [1.29, 1.82) is 0 Å². The van der Waals surface area contributed by atoms with E-state index in [2.05, 4.69) is 0 Å². The maximum atomic E-state index is 12.9. The van der Waals surface area contributed by atoms with Crippen molar-refractivity contribution in [3.8, 4) is 5.75 Å². The molecule has 1 aliphatic heterocycles. The minimum atomic E-state index is -4.34. The number of hydrogen-bond acceptors (Lipinski definition) is 2. The van der Waals surface area contributed by atoms with Crippen LogP contribution in [0.5, 0.6) is 5.75 Å². The van der Waals surface area contributed by atoms with Crippen LogP contribution in [-0.2, 0) is 4.74 Å². The topological polar surface area (TPSA) is 21.8 Å². The average Bonchev–Trinajstić information content (AvgIpc) is 3.06. The average molecular weight is 272 g/mol. The van der Waals surface area contributed by atoms with Crippen molar-refractivity contribution >= 4 is 0 Å². The molecular formula is C14H15F3O2. The number of epoxide rings is 1. The van der Waals surface area contributed by atoms with Gasteiger partial charge in [-0.1, -0.05) is 17.7 Å². The SMILES string of the molecule is COc1ccc([C@H]2O[C@@H]2C(=C(C)C)C(F)(F)F)cc1. The molecule has 0 saturated carbocycles. The number of allylic oxidation sites excluding steroid dienone is 1. The van der Waals surface area contributed by atoms with Gasteiger partial charge in [0.25, 0.3) is 0 Å². The zero-order valence-corrected chi connectivity index (χ0v) is 10.9. The molecule has 2 rings (SSSR count). The predicted molar refractivity (Wildman–Crippen MR) is 65.0 cm³/mol. The van der Waals surface area contributed by atoms with Crippen LogP contribution in [0.4, 0.5) is 13.2 Å². The van der Waals surface area contributed by atoms with E-state index in [1.165, 1.54) is 21.0 Å². The van der Waals surface area contributed by atoms with Crippen molar-refractivity contribution in [3.63, 3.8) is 0 Å². The first-order chi connectivity index (χ1) is 8.84. The van der Waals surface area contributed by atoms with Crippen molar-refractivity contribution < 1.29 is 22.6 Å². The summed E-state index contributed by atoms with van der Waals surface area (Å²) in [6.07, 6.45) is -5.75. The molecule has 1 heterocycles. The van der Waals surface area contributed by atoms with Gasteiger partial charge in [0.2, 0.25) is 0 Å². The van der Waals surface area contributed by atoms with E-state index in [4.69, 9.17) is 9.47 Å². The lowest BCUT2D eigenvalue weighted by atomic mass is 10.0. The van der Waals surface area contributed by atoms with E-state index in [0.717, 1.165) is 5.56 Å². The van der Waals surface area contributed by atoms with Crippen LogP contribution in [0, 0.1) is 0 Å². The summed E-state index contributed by atoms with van der Waals surface area (Å²) in [7, 11) is 1.54. The summed E-state index contributed by atoms with van der Waals surface area (Å²) in [4.78, 5) is 0. The van der Waals surface area contributed by atoms with Crippen LogP contribution in [0.3, 0.4) is 0 Å². The van der Waals surface area contributed by atoms with Crippen molar-refractivity contribution in [2.45, 2.75) is 32.2 Å². The number of ether oxygens (including phenoxy) is 2. The second-order valence-corrected chi connectivity index (χ2v) is 4.66. The lowest BCUT2D eigenvalue weighted by Crippen LogP contribution is -2.18. The van der Waals surface area contributed by atoms with Gasteiger partial charge in [0.1, 0.15) is 18.0 Å². The standard InChI is InChI=1S/C14H15F3O2/c1-8(2)11(14(15,16)17)13-12(19-13)9-4-6-10(18-3)7-5-9/h4-7,12-13H,1-3H3/t12-,13-/m1/s1. The monoisotopic (exact) mass is 272 g/mol. The van der Waals surface area contributed by atoms with Crippen LogP contribution in [0.25, 0.3) is 0 Å². The molecule has 0 amide bonds. The summed E-state index contributed by atoms with van der Waals surface area (Å²) in [6.45, 7) is 2.91. The fourth-order valence-electron chi connectivity index (χ4n) is 2.11. The Morgan fingerprint density at radius 2 is 1.74 bits per heavy atom. The summed E-state index contributed by atoms with van der Waals surface area (Å²) in [6, 6.07) is 6.87. The highest BCUT2D eigenvalue weighted by Crippen LogP contribution is 2.49. The number of methoxy groups -OCH3 is 1. The molecule has 2 atom stereocenters. The Balaban J connectivity index is 2.17. The zero-order valence-electron chi connectivity index (χ0n) is 10.9. The highest BCUT2D eigenvalue weighted by atomic mass is 19.4. The van der Waals surface area contributed by atoms with Gasteiger partial charge in [-0.05, 0) is 31.5 Å². The third kappa shape index (κ3) is 2.92. The van der Waals surface area contributed by atoms with Crippen LogP contribution in [0.2, 0.25) is 0 Å². The Morgan fingerprint density at radius 3 is 2.16 bits per heavy atom. The van der Waals surface area contributed by atoms with Crippen molar-refractivity contribution in [2.24, 2.45) is 0 Å². The molecule has 1 aliphatic rings. The molecule has 0 aromatic heterocycles. The molecule has 0 spiro atoms. The van der Waals surface area contributed by atoms with Gasteiger partial charge in [-0.2, -0.15) is 13.2 Å². The molecule has 0 radical (unpaired) electrons. The smallest absolute Gasteiger partial charge is 0.415 e. The summed E-state index contributed by atoms with van der Waals surface area (Å²) >= 11 is 0. The Hall–Kier alpha value is -1.49. The maximum Gasteiger partial charge on any atom is 0.415 e. The van der Waals surface area contributed by atoms with Gasteiger partial charge in [0.05, 0.1) is 12.7 Å². The highest BCUT2D eigenvalue weighted by molar-refractivity contribution is 5.36. The number of halogens is 3. The van der Waals surface area contributed by atoms with Crippen molar-refractivity contribution in [1.82, 2.24) is 0 Å². The van der Waals surface area contributed by atoms with Crippen LogP contribution >= 0.6 is 0 Å². The van der Waals surface area contributed by atoms with Crippen LogP contribution < -0.4 is 4.74 Å². The molecule has 1 aromatic rings. The molecule has 0 N–H and O–H groups in total. The summed E-state index contributed by atoms with van der Waals surface area (Å²) in [5, 5.41) is 0.